The fourth-order valence-electron chi connectivity index (χ4n) is 1.41. The predicted molar refractivity (Wildman–Crippen MR) is 66.3 cm³/mol. The number of carbonyl (C=O) groups excluding carboxylic acids is 1. The highest BCUT2D eigenvalue weighted by atomic mass is 16.6. The Hall–Kier alpha value is -1.30. The summed E-state index contributed by atoms with van der Waals surface area (Å²) < 4.78 is 5.03. The summed E-state index contributed by atoms with van der Waals surface area (Å²) in [5.41, 5.74) is -0.666. The first-order valence-corrected chi connectivity index (χ1v) is 5.93. The van der Waals surface area contributed by atoms with Crippen LogP contribution in [0.1, 0.15) is 41.0 Å². The van der Waals surface area contributed by atoms with Crippen LogP contribution in [0.4, 0.5) is 4.79 Å². The lowest BCUT2D eigenvalue weighted by Crippen LogP contribution is -2.49. The van der Waals surface area contributed by atoms with Crippen LogP contribution in [0.3, 0.4) is 0 Å². The molecule has 2 atom stereocenters. The van der Waals surface area contributed by atoms with Crippen molar-refractivity contribution >= 4 is 12.1 Å². The van der Waals surface area contributed by atoms with Crippen LogP contribution in [0, 0.1) is 5.92 Å². The molecule has 0 radical (unpaired) electrons. The van der Waals surface area contributed by atoms with Crippen molar-refractivity contribution in [3.8, 4) is 0 Å². The minimum Gasteiger partial charge on any atom is -0.479 e. The van der Waals surface area contributed by atoms with Crippen molar-refractivity contribution in [3.05, 3.63) is 0 Å². The highest BCUT2D eigenvalue weighted by Crippen LogP contribution is 2.11. The molecule has 0 aliphatic rings. The minimum atomic E-state index is -1.64. The van der Waals surface area contributed by atoms with Gasteiger partial charge in [0.15, 0.2) is 6.10 Å². The molecule has 0 fully saturated rings. The minimum absolute atomic E-state index is 0.138. The molecule has 0 rings (SSSR count). The molecule has 6 nitrogen and oxygen atoms in total. The standard InChI is InChI=1S/C12H23NO5/c1-7(2)6-8(9(14)10(15)16)13-11(17)18-12(3,4)5/h7-9,14H,6H2,1-5H3,(H,13,17)(H,15,16)/t8-,9?/m0/s1. The van der Waals surface area contributed by atoms with Gasteiger partial charge < -0.3 is 20.3 Å². The lowest BCUT2D eigenvalue weighted by molar-refractivity contribution is -0.148. The number of alkyl carbamates (subject to hydrolysis) is 1. The van der Waals surface area contributed by atoms with E-state index in [0.29, 0.717) is 6.42 Å². The second-order valence-corrected chi connectivity index (χ2v) is 5.67. The molecular formula is C12H23NO5. The van der Waals surface area contributed by atoms with Crippen LogP contribution in [0.25, 0.3) is 0 Å². The molecule has 106 valence electrons. The second kappa shape index (κ2) is 6.58. The van der Waals surface area contributed by atoms with E-state index in [2.05, 4.69) is 5.32 Å². The van der Waals surface area contributed by atoms with E-state index in [4.69, 9.17) is 9.84 Å². The van der Waals surface area contributed by atoms with Crippen LogP contribution in [-0.2, 0) is 9.53 Å². The number of aliphatic carboxylic acids is 1. The van der Waals surface area contributed by atoms with Crippen LogP contribution in [0.2, 0.25) is 0 Å². The van der Waals surface area contributed by atoms with Gasteiger partial charge in [0.1, 0.15) is 5.60 Å². The highest BCUT2D eigenvalue weighted by molar-refractivity contribution is 5.75. The number of carboxylic acid groups (broad SMARTS) is 1. The van der Waals surface area contributed by atoms with Crippen LogP contribution in [0.15, 0.2) is 0 Å². The van der Waals surface area contributed by atoms with E-state index in [0.717, 1.165) is 0 Å². The van der Waals surface area contributed by atoms with Crippen molar-refractivity contribution in [2.45, 2.75) is 58.8 Å². The summed E-state index contributed by atoms with van der Waals surface area (Å²) in [4.78, 5) is 22.3. The number of aliphatic hydroxyl groups excluding tert-OH is 1. The van der Waals surface area contributed by atoms with Crippen molar-refractivity contribution in [2.75, 3.05) is 0 Å². The molecule has 0 aromatic carbocycles. The summed E-state index contributed by atoms with van der Waals surface area (Å²) >= 11 is 0. The van der Waals surface area contributed by atoms with Gasteiger partial charge in [0.25, 0.3) is 0 Å². The zero-order valence-electron chi connectivity index (χ0n) is 11.6. The molecule has 0 saturated heterocycles. The number of rotatable bonds is 5. The number of nitrogens with one attached hydrogen (secondary N) is 1. The van der Waals surface area contributed by atoms with E-state index in [1.807, 2.05) is 13.8 Å². The van der Waals surface area contributed by atoms with Crippen LogP contribution in [-0.4, -0.2) is 40.0 Å². The van der Waals surface area contributed by atoms with Crippen molar-refractivity contribution in [1.82, 2.24) is 5.32 Å². The van der Waals surface area contributed by atoms with Gasteiger partial charge in [-0.05, 0) is 33.1 Å². The van der Waals surface area contributed by atoms with Gasteiger partial charge in [-0.3, -0.25) is 0 Å². The Morgan fingerprint density at radius 3 is 2.11 bits per heavy atom. The summed E-state index contributed by atoms with van der Waals surface area (Å²) in [6, 6.07) is -0.864. The van der Waals surface area contributed by atoms with Crippen LogP contribution < -0.4 is 5.32 Å². The molecule has 0 aliphatic heterocycles. The van der Waals surface area contributed by atoms with E-state index < -0.39 is 29.8 Å². The van der Waals surface area contributed by atoms with Gasteiger partial charge >= 0.3 is 12.1 Å². The third-order valence-electron chi connectivity index (χ3n) is 2.06. The third kappa shape index (κ3) is 7.11. The fraction of sp³-hybridized carbons (Fsp3) is 0.833. The molecule has 0 aromatic rings. The predicted octanol–water partition coefficient (Wildman–Crippen LogP) is 1.37. The lowest BCUT2D eigenvalue weighted by atomic mass is 9.99. The second-order valence-electron chi connectivity index (χ2n) is 5.67. The first-order chi connectivity index (χ1) is 8.03. The van der Waals surface area contributed by atoms with E-state index in [-0.39, 0.29) is 5.92 Å². The molecule has 1 unspecified atom stereocenters. The third-order valence-corrected chi connectivity index (χ3v) is 2.06. The maximum Gasteiger partial charge on any atom is 0.407 e. The van der Waals surface area contributed by atoms with Gasteiger partial charge in [-0.1, -0.05) is 13.8 Å². The molecule has 0 bridgehead atoms. The van der Waals surface area contributed by atoms with Gasteiger partial charge in [0.05, 0.1) is 6.04 Å². The Balaban J connectivity index is 4.59. The van der Waals surface area contributed by atoms with E-state index in [1.54, 1.807) is 20.8 Å². The molecule has 0 spiro atoms. The van der Waals surface area contributed by atoms with Gasteiger partial charge in [0, 0.05) is 0 Å². The molecule has 3 N–H and O–H groups in total. The molecule has 0 saturated carbocycles. The summed E-state index contributed by atoms with van der Waals surface area (Å²) in [7, 11) is 0. The maximum atomic E-state index is 11.5. The van der Waals surface area contributed by atoms with Gasteiger partial charge in [0.2, 0.25) is 0 Å². The summed E-state index contributed by atoms with van der Waals surface area (Å²) in [5.74, 6) is -1.23. The summed E-state index contributed by atoms with van der Waals surface area (Å²) in [5, 5.41) is 20.7. The SMILES string of the molecule is CC(C)C[C@H](NC(=O)OC(C)(C)C)C(O)C(=O)O. The number of aliphatic hydroxyl groups is 1. The van der Waals surface area contributed by atoms with Crippen molar-refractivity contribution in [1.29, 1.82) is 0 Å². The Labute approximate surface area is 107 Å². The van der Waals surface area contributed by atoms with Gasteiger partial charge in [-0.15, -0.1) is 0 Å². The largest absolute Gasteiger partial charge is 0.479 e. The molecule has 18 heavy (non-hydrogen) atoms. The van der Waals surface area contributed by atoms with Gasteiger partial charge in [-0.2, -0.15) is 0 Å². The van der Waals surface area contributed by atoms with Crippen molar-refractivity contribution in [2.24, 2.45) is 5.92 Å². The first kappa shape index (κ1) is 16.7. The maximum absolute atomic E-state index is 11.5. The normalized spacial score (nSPS) is 15.1. The molecule has 0 aliphatic carbocycles. The quantitative estimate of drug-likeness (QED) is 0.694. The number of hydrogen-bond acceptors (Lipinski definition) is 4. The zero-order chi connectivity index (χ0) is 14.5. The zero-order valence-corrected chi connectivity index (χ0v) is 11.6. The fourth-order valence-corrected chi connectivity index (χ4v) is 1.41. The molecule has 1 amide bonds. The Morgan fingerprint density at radius 1 is 1.28 bits per heavy atom. The average Bonchev–Trinajstić information content (AvgIpc) is 2.11. The smallest absolute Gasteiger partial charge is 0.407 e. The van der Waals surface area contributed by atoms with E-state index in [1.165, 1.54) is 0 Å². The number of ether oxygens (including phenoxy) is 1. The first-order valence-electron chi connectivity index (χ1n) is 5.93. The monoisotopic (exact) mass is 261 g/mol. The Bertz CT molecular complexity index is 295. The molecular weight excluding hydrogens is 238 g/mol. The summed E-state index contributed by atoms with van der Waals surface area (Å²) in [6.45, 7) is 8.86. The highest BCUT2D eigenvalue weighted by Gasteiger charge is 2.29. The molecule has 0 heterocycles. The lowest BCUT2D eigenvalue weighted by Gasteiger charge is -2.26. The summed E-state index contributed by atoms with van der Waals surface area (Å²) in [6.07, 6.45) is -2.01. The average molecular weight is 261 g/mol. The number of hydrogen-bond donors (Lipinski definition) is 3. The molecule has 0 aromatic heterocycles. The van der Waals surface area contributed by atoms with Gasteiger partial charge in [-0.25, -0.2) is 9.59 Å². The number of carboxylic acids is 1. The van der Waals surface area contributed by atoms with Crippen LogP contribution >= 0.6 is 0 Å². The van der Waals surface area contributed by atoms with E-state index in [9.17, 15) is 14.7 Å². The number of carbonyl (C=O) groups is 2. The topological polar surface area (TPSA) is 95.9 Å². The van der Waals surface area contributed by atoms with Crippen LogP contribution in [0.5, 0.6) is 0 Å². The Kier molecular flexibility index (Phi) is 6.11. The molecule has 6 heteroatoms. The van der Waals surface area contributed by atoms with E-state index >= 15 is 0 Å². The van der Waals surface area contributed by atoms with Crippen molar-refractivity contribution < 1.29 is 24.5 Å². The van der Waals surface area contributed by atoms with Crippen molar-refractivity contribution in [3.63, 3.8) is 0 Å². The Morgan fingerprint density at radius 2 is 1.78 bits per heavy atom. The number of amides is 1.